The Kier molecular flexibility index (Phi) is 2.95. The van der Waals surface area contributed by atoms with E-state index in [4.69, 9.17) is 4.74 Å². The Morgan fingerprint density at radius 1 is 1.50 bits per heavy atom. The van der Waals surface area contributed by atoms with Crippen molar-refractivity contribution in [1.29, 1.82) is 0 Å². The van der Waals surface area contributed by atoms with Gasteiger partial charge in [0.2, 0.25) is 5.91 Å². The molecule has 0 N–H and O–H groups in total. The lowest BCUT2D eigenvalue weighted by atomic mass is 9.84. The summed E-state index contributed by atoms with van der Waals surface area (Å²) in [5.74, 6) is -0.804. The van der Waals surface area contributed by atoms with E-state index in [9.17, 15) is 9.59 Å². The number of rotatable bonds is 3. The van der Waals surface area contributed by atoms with Gasteiger partial charge in [-0.05, 0) is 13.0 Å². The molecule has 0 aromatic heterocycles. The number of amides is 1. The molecule has 94 valence electrons. The van der Waals surface area contributed by atoms with Crippen molar-refractivity contribution in [2.75, 3.05) is 18.6 Å². The molecule has 4 nitrogen and oxygen atoms in total. The zero-order valence-corrected chi connectivity index (χ0v) is 10.5. The van der Waals surface area contributed by atoms with Crippen molar-refractivity contribution >= 4 is 17.6 Å². The number of carbonyl (C=O) groups excluding carboxylic acids is 2. The van der Waals surface area contributed by atoms with E-state index in [2.05, 4.69) is 6.58 Å². The zero-order chi connectivity index (χ0) is 13.3. The SMILES string of the molecule is C=CCOC(=O)[C@@]1(C)C(=O)N(C)c2ccccc21. The maximum Gasteiger partial charge on any atom is 0.326 e. The third-order valence-electron chi connectivity index (χ3n) is 3.28. The second kappa shape index (κ2) is 4.29. The lowest BCUT2D eigenvalue weighted by Crippen LogP contribution is -2.43. The van der Waals surface area contributed by atoms with Crippen LogP contribution in [0.4, 0.5) is 5.69 Å². The first kappa shape index (κ1) is 12.4. The van der Waals surface area contributed by atoms with Crippen LogP contribution in [-0.2, 0) is 19.7 Å². The smallest absolute Gasteiger partial charge is 0.326 e. The second-order valence-corrected chi connectivity index (χ2v) is 4.39. The van der Waals surface area contributed by atoms with Crippen LogP contribution in [0.5, 0.6) is 0 Å². The molecule has 0 bridgehead atoms. The lowest BCUT2D eigenvalue weighted by Gasteiger charge is -2.20. The first-order chi connectivity index (χ1) is 8.53. The molecule has 1 aliphatic rings. The van der Waals surface area contributed by atoms with E-state index in [1.165, 1.54) is 11.0 Å². The van der Waals surface area contributed by atoms with Gasteiger partial charge in [-0.25, -0.2) is 0 Å². The van der Waals surface area contributed by atoms with Gasteiger partial charge in [-0.1, -0.05) is 30.9 Å². The maximum absolute atomic E-state index is 12.3. The summed E-state index contributed by atoms with van der Waals surface area (Å²) < 4.78 is 5.05. The minimum Gasteiger partial charge on any atom is -0.460 e. The number of esters is 1. The molecule has 0 spiro atoms. The van der Waals surface area contributed by atoms with E-state index < -0.39 is 11.4 Å². The van der Waals surface area contributed by atoms with E-state index in [0.717, 1.165) is 5.69 Å². The highest BCUT2D eigenvalue weighted by Crippen LogP contribution is 2.41. The minimum absolute atomic E-state index is 0.105. The highest BCUT2D eigenvalue weighted by molar-refractivity contribution is 6.19. The average Bonchev–Trinajstić information content (AvgIpc) is 2.60. The van der Waals surface area contributed by atoms with E-state index >= 15 is 0 Å². The third-order valence-corrected chi connectivity index (χ3v) is 3.28. The van der Waals surface area contributed by atoms with Gasteiger partial charge in [-0.15, -0.1) is 0 Å². The Bertz CT molecular complexity index is 524. The summed E-state index contributed by atoms with van der Waals surface area (Å²) in [6.07, 6.45) is 1.48. The molecular formula is C14H15NO3. The van der Waals surface area contributed by atoms with Crippen molar-refractivity contribution in [3.63, 3.8) is 0 Å². The van der Waals surface area contributed by atoms with Gasteiger partial charge in [0.15, 0.2) is 5.41 Å². The Morgan fingerprint density at radius 3 is 2.83 bits per heavy atom. The van der Waals surface area contributed by atoms with E-state index in [0.29, 0.717) is 5.56 Å². The number of fused-ring (bicyclic) bond motifs is 1. The fourth-order valence-electron chi connectivity index (χ4n) is 2.23. The first-order valence-corrected chi connectivity index (χ1v) is 5.69. The van der Waals surface area contributed by atoms with Gasteiger partial charge in [0.05, 0.1) is 0 Å². The number of para-hydroxylation sites is 1. The van der Waals surface area contributed by atoms with Crippen LogP contribution < -0.4 is 4.90 Å². The van der Waals surface area contributed by atoms with Crippen LogP contribution in [0.2, 0.25) is 0 Å². The number of likely N-dealkylation sites (N-methyl/N-ethyl adjacent to an activating group) is 1. The van der Waals surface area contributed by atoms with Crippen LogP contribution in [0.1, 0.15) is 12.5 Å². The normalized spacial score (nSPS) is 21.7. The summed E-state index contributed by atoms with van der Waals surface area (Å²) >= 11 is 0. The molecule has 18 heavy (non-hydrogen) atoms. The summed E-state index contributed by atoms with van der Waals surface area (Å²) in [5, 5.41) is 0. The molecule has 1 heterocycles. The molecule has 1 aromatic carbocycles. The van der Waals surface area contributed by atoms with Crippen molar-refractivity contribution in [3.05, 3.63) is 42.5 Å². The third kappa shape index (κ3) is 1.53. The summed E-state index contributed by atoms with van der Waals surface area (Å²) in [6, 6.07) is 7.25. The summed E-state index contributed by atoms with van der Waals surface area (Å²) in [6.45, 7) is 5.19. The van der Waals surface area contributed by atoms with Crippen LogP contribution >= 0.6 is 0 Å². The van der Waals surface area contributed by atoms with Crippen molar-refractivity contribution in [2.24, 2.45) is 0 Å². The van der Waals surface area contributed by atoms with Gasteiger partial charge >= 0.3 is 5.97 Å². The summed E-state index contributed by atoms with van der Waals surface area (Å²) in [7, 11) is 1.66. The summed E-state index contributed by atoms with van der Waals surface area (Å²) in [4.78, 5) is 25.9. The standard InChI is InChI=1S/C14H15NO3/c1-4-9-18-13(17)14(2)10-7-5-6-8-11(10)15(3)12(14)16/h4-8H,1,9H2,2-3H3/t14-/m1/s1. The zero-order valence-electron chi connectivity index (χ0n) is 10.5. The first-order valence-electron chi connectivity index (χ1n) is 5.69. The molecule has 0 saturated heterocycles. The van der Waals surface area contributed by atoms with Gasteiger partial charge in [0, 0.05) is 18.3 Å². The van der Waals surface area contributed by atoms with Crippen molar-refractivity contribution in [1.82, 2.24) is 0 Å². The van der Waals surface area contributed by atoms with Crippen molar-refractivity contribution in [2.45, 2.75) is 12.3 Å². The Morgan fingerprint density at radius 2 is 2.17 bits per heavy atom. The van der Waals surface area contributed by atoms with Crippen LogP contribution in [-0.4, -0.2) is 25.5 Å². The molecule has 1 aliphatic heterocycles. The molecule has 1 aromatic rings. The summed E-state index contributed by atoms with van der Waals surface area (Å²) in [5.41, 5.74) is 0.182. The highest BCUT2D eigenvalue weighted by atomic mass is 16.5. The number of benzene rings is 1. The average molecular weight is 245 g/mol. The van der Waals surface area contributed by atoms with Gasteiger partial charge in [0.25, 0.3) is 0 Å². The number of hydrogen-bond acceptors (Lipinski definition) is 3. The molecule has 0 radical (unpaired) electrons. The Hall–Kier alpha value is -2.10. The molecule has 2 rings (SSSR count). The van der Waals surface area contributed by atoms with Crippen LogP contribution in [0.15, 0.2) is 36.9 Å². The van der Waals surface area contributed by atoms with E-state index in [1.807, 2.05) is 18.2 Å². The lowest BCUT2D eigenvalue weighted by molar-refractivity contribution is -0.152. The monoisotopic (exact) mass is 245 g/mol. The Balaban J connectivity index is 2.47. The fourth-order valence-corrected chi connectivity index (χ4v) is 2.23. The number of hydrogen-bond donors (Lipinski definition) is 0. The molecular weight excluding hydrogens is 230 g/mol. The number of carbonyl (C=O) groups is 2. The van der Waals surface area contributed by atoms with Crippen molar-refractivity contribution in [3.8, 4) is 0 Å². The van der Waals surface area contributed by atoms with Gasteiger partial charge < -0.3 is 9.64 Å². The van der Waals surface area contributed by atoms with E-state index in [-0.39, 0.29) is 12.5 Å². The predicted octanol–water partition coefficient (Wildman–Crippen LogP) is 1.65. The maximum atomic E-state index is 12.3. The molecule has 0 unspecified atom stereocenters. The van der Waals surface area contributed by atoms with Crippen LogP contribution in [0.3, 0.4) is 0 Å². The molecule has 1 amide bonds. The Labute approximate surface area is 106 Å². The minimum atomic E-state index is -1.26. The topological polar surface area (TPSA) is 46.6 Å². The van der Waals surface area contributed by atoms with Crippen molar-refractivity contribution < 1.29 is 14.3 Å². The number of ether oxygens (including phenoxy) is 1. The van der Waals surface area contributed by atoms with Gasteiger partial charge in [-0.2, -0.15) is 0 Å². The number of nitrogens with zero attached hydrogens (tertiary/aromatic N) is 1. The molecule has 0 saturated carbocycles. The fraction of sp³-hybridized carbons (Fsp3) is 0.286. The van der Waals surface area contributed by atoms with Gasteiger partial charge in [0.1, 0.15) is 6.61 Å². The highest BCUT2D eigenvalue weighted by Gasteiger charge is 2.52. The second-order valence-electron chi connectivity index (χ2n) is 4.39. The largest absolute Gasteiger partial charge is 0.460 e. The van der Waals surface area contributed by atoms with Crippen LogP contribution in [0.25, 0.3) is 0 Å². The molecule has 0 aliphatic carbocycles. The van der Waals surface area contributed by atoms with Gasteiger partial charge in [-0.3, -0.25) is 9.59 Å². The molecule has 0 fully saturated rings. The molecule has 4 heteroatoms. The molecule has 1 atom stereocenters. The number of anilines is 1. The predicted molar refractivity (Wildman–Crippen MR) is 68.4 cm³/mol. The van der Waals surface area contributed by atoms with E-state index in [1.54, 1.807) is 20.0 Å². The van der Waals surface area contributed by atoms with Crippen LogP contribution in [0, 0.1) is 0 Å². The quantitative estimate of drug-likeness (QED) is 0.462.